The quantitative estimate of drug-likeness (QED) is 0.753. The van der Waals surface area contributed by atoms with Gasteiger partial charge >= 0.3 is 0 Å². The van der Waals surface area contributed by atoms with Gasteiger partial charge in [0.05, 0.1) is 12.2 Å². The van der Waals surface area contributed by atoms with Crippen LogP contribution in [0.5, 0.6) is 0 Å². The van der Waals surface area contributed by atoms with Gasteiger partial charge in [-0.05, 0) is 70.0 Å². The van der Waals surface area contributed by atoms with E-state index < -0.39 is 0 Å². The Morgan fingerprint density at radius 3 is 3.04 bits per heavy atom. The zero-order valence-electron chi connectivity index (χ0n) is 13.9. The number of aryl methyl sites for hydroxylation is 1. The molecule has 1 aliphatic carbocycles. The molecule has 4 nitrogen and oxygen atoms in total. The minimum absolute atomic E-state index is 0.110. The van der Waals surface area contributed by atoms with Crippen molar-refractivity contribution in [1.82, 2.24) is 10.2 Å². The molecule has 0 radical (unpaired) electrons. The van der Waals surface area contributed by atoms with E-state index in [1.54, 1.807) is 11.3 Å². The van der Waals surface area contributed by atoms with Crippen LogP contribution in [0.15, 0.2) is 5.38 Å². The fourth-order valence-electron chi connectivity index (χ4n) is 3.82. The zero-order valence-corrected chi connectivity index (χ0v) is 14.7. The summed E-state index contributed by atoms with van der Waals surface area (Å²) in [5.74, 6) is 0.110. The third-order valence-corrected chi connectivity index (χ3v) is 6.26. The van der Waals surface area contributed by atoms with E-state index in [1.807, 2.05) is 5.38 Å². The van der Waals surface area contributed by atoms with Crippen LogP contribution in [0.1, 0.15) is 59.3 Å². The third kappa shape index (κ3) is 4.14. The number of aliphatic hydroxyl groups excluding tert-OH is 1. The summed E-state index contributed by atoms with van der Waals surface area (Å²) >= 11 is 1.75. The van der Waals surface area contributed by atoms with E-state index in [4.69, 9.17) is 0 Å². The van der Waals surface area contributed by atoms with E-state index in [0.29, 0.717) is 6.04 Å². The summed E-state index contributed by atoms with van der Waals surface area (Å²) in [6, 6.07) is 0.363. The van der Waals surface area contributed by atoms with Gasteiger partial charge in [0.15, 0.2) is 0 Å². The number of nitrogens with one attached hydrogen (secondary N) is 1. The van der Waals surface area contributed by atoms with Gasteiger partial charge in [-0.1, -0.05) is 0 Å². The summed E-state index contributed by atoms with van der Waals surface area (Å²) in [5.41, 5.74) is 2.23. The highest BCUT2D eigenvalue weighted by Gasteiger charge is 2.23. The Morgan fingerprint density at radius 1 is 1.30 bits per heavy atom. The lowest BCUT2D eigenvalue weighted by Gasteiger charge is -2.22. The maximum Gasteiger partial charge on any atom is 0.252 e. The van der Waals surface area contributed by atoms with E-state index in [2.05, 4.69) is 10.2 Å². The second-order valence-electron chi connectivity index (χ2n) is 6.74. The smallest absolute Gasteiger partial charge is 0.252 e. The fourth-order valence-corrected chi connectivity index (χ4v) is 4.94. The molecule has 1 atom stereocenters. The number of hydrogen-bond donors (Lipinski definition) is 2. The van der Waals surface area contributed by atoms with Gasteiger partial charge in [-0.2, -0.15) is 0 Å². The second kappa shape index (κ2) is 8.27. The number of unbranched alkanes of at least 4 members (excludes halogenated alkanes) is 1. The molecule has 0 bridgehead atoms. The number of carbonyl (C=O) groups excluding carboxylic acids is 1. The van der Waals surface area contributed by atoms with Gasteiger partial charge in [0.1, 0.15) is 0 Å². The molecule has 1 saturated heterocycles. The van der Waals surface area contributed by atoms with E-state index in [9.17, 15) is 9.90 Å². The molecule has 23 heavy (non-hydrogen) atoms. The Labute approximate surface area is 142 Å². The SMILES string of the molecule is O=C(NCCCCN1CCCC1CO)c1csc2c1CCCC2. The minimum atomic E-state index is 0.110. The highest BCUT2D eigenvalue weighted by molar-refractivity contribution is 7.10. The second-order valence-corrected chi connectivity index (χ2v) is 7.70. The lowest BCUT2D eigenvalue weighted by atomic mass is 9.95. The maximum absolute atomic E-state index is 12.3. The van der Waals surface area contributed by atoms with E-state index >= 15 is 0 Å². The van der Waals surface area contributed by atoms with Gasteiger partial charge in [0.25, 0.3) is 5.91 Å². The van der Waals surface area contributed by atoms with Gasteiger partial charge in [0.2, 0.25) is 0 Å². The van der Waals surface area contributed by atoms with Crippen LogP contribution in [-0.2, 0) is 12.8 Å². The Bertz CT molecular complexity index is 529. The summed E-state index contributed by atoms with van der Waals surface area (Å²) in [5, 5.41) is 14.4. The van der Waals surface area contributed by atoms with Crippen molar-refractivity contribution in [2.45, 2.75) is 57.4 Å². The molecule has 1 unspecified atom stereocenters. The van der Waals surface area contributed by atoms with Crippen molar-refractivity contribution in [1.29, 1.82) is 0 Å². The molecule has 128 valence electrons. The Kier molecular flexibility index (Phi) is 6.08. The number of aliphatic hydroxyl groups is 1. The molecule has 0 spiro atoms. The molecule has 1 fully saturated rings. The summed E-state index contributed by atoms with van der Waals surface area (Å²) in [4.78, 5) is 16.2. The minimum Gasteiger partial charge on any atom is -0.395 e. The van der Waals surface area contributed by atoms with E-state index in [1.165, 1.54) is 29.7 Å². The molecule has 5 heteroatoms. The number of likely N-dealkylation sites (tertiary alicyclic amines) is 1. The maximum atomic E-state index is 12.3. The van der Waals surface area contributed by atoms with Crippen molar-refractivity contribution in [2.75, 3.05) is 26.2 Å². The molecule has 0 saturated carbocycles. The molecule has 1 amide bonds. The molecule has 2 N–H and O–H groups in total. The van der Waals surface area contributed by atoms with Crippen molar-refractivity contribution in [3.63, 3.8) is 0 Å². The predicted octanol–water partition coefficient (Wildman–Crippen LogP) is 2.59. The van der Waals surface area contributed by atoms with E-state index in [-0.39, 0.29) is 12.5 Å². The first kappa shape index (κ1) is 16.9. The lowest BCUT2D eigenvalue weighted by molar-refractivity contribution is 0.0951. The van der Waals surface area contributed by atoms with Crippen molar-refractivity contribution >= 4 is 17.2 Å². The number of hydrogen-bond acceptors (Lipinski definition) is 4. The molecule has 2 aliphatic rings. The van der Waals surface area contributed by atoms with Gasteiger partial charge in [-0.3, -0.25) is 9.69 Å². The molecule has 0 aromatic carbocycles. The van der Waals surface area contributed by atoms with Gasteiger partial charge in [-0.15, -0.1) is 11.3 Å². The number of carbonyl (C=O) groups is 1. The average Bonchev–Trinajstić information content (AvgIpc) is 3.20. The van der Waals surface area contributed by atoms with Gasteiger partial charge in [-0.25, -0.2) is 0 Å². The summed E-state index contributed by atoms with van der Waals surface area (Å²) < 4.78 is 0. The first-order valence-electron chi connectivity index (χ1n) is 9.02. The molecule has 2 heterocycles. The van der Waals surface area contributed by atoms with Gasteiger partial charge in [0, 0.05) is 22.8 Å². The molecular formula is C18H28N2O2S. The summed E-state index contributed by atoms with van der Waals surface area (Å²) in [7, 11) is 0. The molecule has 3 rings (SSSR count). The number of fused-ring (bicyclic) bond motifs is 1. The number of thiophene rings is 1. The average molecular weight is 337 g/mol. The topological polar surface area (TPSA) is 52.6 Å². The van der Waals surface area contributed by atoms with Crippen LogP contribution in [0.2, 0.25) is 0 Å². The number of nitrogens with zero attached hydrogens (tertiary/aromatic N) is 1. The van der Waals surface area contributed by atoms with Crippen LogP contribution in [0.3, 0.4) is 0 Å². The highest BCUT2D eigenvalue weighted by atomic mass is 32.1. The standard InChI is InChI=1S/C18H28N2O2S/c21-12-14-6-5-11-20(14)10-4-3-9-19-18(22)16-13-23-17-8-2-1-7-15(16)17/h13-14,21H,1-12H2,(H,19,22). The van der Waals surface area contributed by atoms with Crippen LogP contribution in [0, 0.1) is 0 Å². The number of rotatable bonds is 7. The van der Waals surface area contributed by atoms with Crippen LogP contribution in [0.25, 0.3) is 0 Å². The Morgan fingerprint density at radius 2 is 2.17 bits per heavy atom. The monoisotopic (exact) mass is 336 g/mol. The van der Waals surface area contributed by atoms with Crippen LogP contribution in [-0.4, -0.2) is 48.2 Å². The zero-order chi connectivity index (χ0) is 16.1. The lowest BCUT2D eigenvalue weighted by Crippen LogP contribution is -2.33. The molecule has 1 aromatic heterocycles. The van der Waals surface area contributed by atoms with Crippen molar-refractivity contribution in [3.05, 3.63) is 21.4 Å². The normalized spacial score (nSPS) is 21.3. The highest BCUT2D eigenvalue weighted by Crippen LogP contribution is 2.30. The first-order valence-corrected chi connectivity index (χ1v) is 9.90. The van der Waals surface area contributed by atoms with Crippen molar-refractivity contribution in [3.8, 4) is 0 Å². The van der Waals surface area contributed by atoms with E-state index in [0.717, 1.165) is 57.3 Å². The Balaban J connectivity index is 1.37. The van der Waals surface area contributed by atoms with Crippen LogP contribution >= 0.6 is 11.3 Å². The van der Waals surface area contributed by atoms with Crippen molar-refractivity contribution in [2.24, 2.45) is 0 Å². The summed E-state index contributed by atoms with van der Waals surface area (Å²) in [6.45, 7) is 3.18. The Hall–Kier alpha value is -0.910. The first-order chi connectivity index (χ1) is 11.3. The van der Waals surface area contributed by atoms with Crippen molar-refractivity contribution < 1.29 is 9.90 Å². The predicted molar refractivity (Wildman–Crippen MR) is 94.2 cm³/mol. The summed E-state index contributed by atoms with van der Waals surface area (Å²) in [6.07, 6.45) is 9.10. The van der Waals surface area contributed by atoms with Crippen LogP contribution in [0.4, 0.5) is 0 Å². The largest absolute Gasteiger partial charge is 0.395 e. The van der Waals surface area contributed by atoms with Gasteiger partial charge < -0.3 is 10.4 Å². The third-order valence-electron chi connectivity index (χ3n) is 5.17. The fraction of sp³-hybridized carbons (Fsp3) is 0.722. The molecular weight excluding hydrogens is 308 g/mol. The number of amides is 1. The van der Waals surface area contributed by atoms with Crippen LogP contribution < -0.4 is 5.32 Å². The molecule has 1 aromatic rings. The molecule has 1 aliphatic heterocycles.